The van der Waals surface area contributed by atoms with Gasteiger partial charge >= 0.3 is 0 Å². The fraction of sp³-hybridized carbons (Fsp3) is 0.138. The number of anilines is 2. The zero-order valence-electron chi connectivity index (χ0n) is 20.7. The van der Waals surface area contributed by atoms with Crippen molar-refractivity contribution in [3.63, 3.8) is 0 Å². The summed E-state index contributed by atoms with van der Waals surface area (Å²) in [6.45, 7) is 2.54. The van der Waals surface area contributed by atoms with Crippen LogP contribution in [0.25, 0.3) is 11.3 Å². The van der Waals surface area contributed by atoms with Crippen molar-refractivity contribution in [1.29, 1.82) is 0 Å². The Morgan fingerprint density at radius 1 is 0.846 bits per heavy atom. The zero-order valence-corrected chi connectivity index (χ0v) is 23.0. The van der Waals surface area contributed by atoms with Gasteiger partial charge in [-0.05, 0) is 66.8 Å². The van der Waals surface area contributed by atoms with Crippen molar-refractivity contribution >= 4 is 63.7 Å². The third kappa shape index (κ3) is 6.42. The highest BCUT2D eigenvalue weighted by atomic mass is 35.5. The zero-order chi connectivity index (χ0) is 27.4. The number of carbonyl (C=O) groups excluding carboxylic acids is 2. The number of nitrogens with one attached hydrogen (secondary N) is 2. The van der Waals surface area contributed by atoms with E-state index < -0.39 is 5.91 Å². The monoisotopic (exact) mass is 578 g/mol. The highest BCUT2D eigenvalue weighted by Gasteiger charge is 2.23. The molecule has 1 aliphatic heterocycles. The molecule has 198 valence electrons. The molecule has 0 spiro atoms. The summed E-state index contributed by atoms with van der Waals surface area (Å²) in [7, 11) is 0. The largest absolute Gasteiger partial charge is 0.451 e. The Labute approximate surface area is 241 Å². The highest BCUT2D eigenvalue weighted by Crippen LogP contribution is 2.30. The van der Waals surface area contributed by atoms with E-state index in [-0.39, 0.29) is 16.8 Å². The molecule has 1 fully saturated rings. The minimum atomic E-state index is -0.480. The van der Waals surface area contributed by atoms with Crippen molar-refractivity contribution in [1.82, 2.24) is 10.2 Å². The van der Waals surface area contributed by atoms with Gasteiger partial charge in [-0.3, -0.25) is 14.9 Å². The van der Waals surface area contributed by atoms with Gasteiger partial charge in [0.2, 0.25) is 0 Å². The van der Waals surface area contributed by atoms with E-state index in [0.29, 0.717) is 53.2 Å². The van der Waals surface area contributed by atoms with Gasteiger partial charge in [0.25, 0.3) is 11.8 Å². The maximum Gasteiger partial charge on any atom is 0.293 e. The summed E-state index contributed by atoms with van der Waals surface area (Å²) in [5.74, 6) is 0.194. The number of piperazine rings is 1. The van der Waals surface area contributed by atoms with Crippen LogP contribution in [0, 0.1) is 0 Å². The van der Waals surface area contributed by atoms with Crippen LogP contribution in [0.2, 0.25) is 10.0 Å². The molecule has 2 amide bonds. The SMILES string of the molecule is O=C(NC(=S)Nc1ccc(N2CCN(C(=O)c3ccccc3)CC2)c(Cl)c1)c1ccc(-c2cccc(Cl)c2)o1. The van der Waals surface area contributed by atoms with Crippen LogP contribution in [0.5, 0.6) is 0 Å². The summed E-state index contributed by atoms with van der Waals surface area (Å²) >= 11 is 18.0. The van der Waals surface area contributed by atoms with Gasteiger partial charge in [0.05, 0.1) is 10.7 Å². The van der Waals surface area contributed by atoms with Crippen molar-refractivity contribution in [3.8, 4) is 11.3 Å². The Kier molecular flexibility index (Phi) is 8.16. The normalized spacial score (nSPS) is 13.2. The quantitative estimate of drug-likeness (QED) is 0.269. The number of rotatable bonds is 5. The van der Waals surface area contributed by atoms with Crippen LogP contribution in [0.15, 0.2) is 89.3 Å². The van der Waals surface area contributed by atoms with Gasteiger partial charge in [-0.15, -0.1) is 0 Å². The van der Waals surface area contributed by atoms with Crippen LogP contribution in [0.3, 0.4) is 0 Å². The number of thiocarbonyl (C=S) groups is 1. The van der Waals surface area contributed by atoms with E-state index in [1.165, 1.54) is 0 Å². The van der Waals surface area contributed by atoms with Gasteiger partial charge in [0, 0.05) is 48.0 Å². The minimum Gasteiger partial charge on any atom is -0.451 e. The summed E-state index contributed by atoms with van der Waals surface area (Å²) in [4.78, 5) is 29.4. The predicted octanol–water partition coefficient (Wildman–Crippen LogP) is 6.34. The molecule has 0 bridgehead atoms. The average molecular weight is 580 g/mol. The molecule has 0 unspecified atom stereocenters. The number of benzene rings is 3. The lowest BCUT2D eigenvalue weighted by Crippen LogP contribution is -2.48. The summed E-state index contributed by atoms with van der Waals surface area (Å²) in [5.41, 5.74) is 2.95. The number of hydrogen-bond donors (Lipinski definition) is 2. The first-order chi connectivity index (χ1) is 18.9. The smallest absolute Gasteiger partial charge is 0.293 e. The second-order valence-electron chi connectivity index (χ2n) is 8.89. The Hall–Kier alpha value is -3.85. The van der Waals surface area contributed by atoms with Crippen LogP contribution in [-0.4, -0.2) is 48.0 Å². The Morgan fingerprint density at radius 2 is 1.62 bits per heavy atom. The Morgan fingerprint density at radius 3 is 2.33 bits per heavy atom. The highest BCUT2D eigenvalue weighted by molar-refractivity contribution is 7.80. The fourth-order valence-corrected chi connectivity index (χ4v) is 5.04. The lowest BCUT2D eigenvalue weighted by Gasteiger charge is -2.36. The van der Waals surface area contributed by atoms with Gasteiger partial charge in [-0.2, -0.15) is 0 Å². The number of hydrogen-bond acceptors (Lipinski definition) is 5. The number of furan rings is 1. The number of carbonyl (C=O) groups is 2. The average Bonchev–Trinajstić information content (AvgIpc) is 3.44. The molecule has 0 aliphatic carbocycles. The van der Waals surface area contributed by atoms with E-state index in [1.54, 1.807) is 30.3 Å². The molecule has 3 aromatic carbocycles. The van der Waals surface area contributed by atoms with E-state index in [2.05, 4.69) is 15.5 Å². The lowest BCUT2D eigenvalue weighted by molar-refractivity contribution is 0.0746. The maximum atomic E-state index is 12.7. The molecule has 39 heavy (non-hydrogen) atoms. The van der Waals surface area contributed by atoms with Crippen molar-refractivity contribution in [2.75, 3.05) is 36.4 Å². The molecule has 4 aromatic rings. The van der Waals surface area contributed by atoms with E-state index in [1.807, 2.05) is 59.5 Å². The number of nitrogens with zero attached hydrogens (tertiary/aromatic N) is 2. The summed E-state index contributed by atoms with van der Waals surface area (Å²) < 4.78 is 5.68. The number of amides is 2. The lowest BCUT2D eigenvalue weighted by atomic mass is 10.1. The van der Waals surface area contributed by atoms with Gasteiger partial charge < -0.3 is 19.5 Å². The first kappa shape index (κ1) is 26.7. The molecule has 2 N–H and O–H groups in total. The minimum absolute atomic E-state index is 0.0340. The molecule has 5 rings (SSSR count). The standard InChI is InChI=1S/C29H24Cl2N4O3S/c30-21-8-4-7-20(17-21)25-11-12-26(38-25)27(36)33-29(39)32-22-9-10-24(23(31)18-22)34-13-15-35(16-14-34)28(37)19-5-2-1-3-6-19/h1-12,17-18H,13-16H2,(H2,32,33,36,39). The van der Waals surface area contributed by atoms with Gasteiger partial charge in [0.1, 0.15) is 5.76 Å². The van der Waals surface area contributed by atoms with Crippen molar-refractivity contribution < 1.29 is 14.0 Å². The molecule has 0 saturated carbocycles. The first-order valence-electron chi connectivity index (χ1n) is 12.2. The molecule has 0 radical (unpaired) electrons. The summed E-state index contributed by atoms with van der Waals surface area (Å²) in [6, 6.07) is 25.2. The van der Waals surface area contributed by atoms with Crippen molar-refractivity contribution in [2.24, 2.45) is 0 Å². The predicted molar refractivity (Wildman–Crippen MR) is 159 cm³/mol. The van der Waals surface area contributed by atoms with Gasteiger partial charge in [0.15, 0.2) is 10.9 Å². The van der Waals surface area contributed by atoms with Crippen LogP contribution in [0.1, 0.15) is 20.9 Å². The van der Waals surface area contributed by atoms with Crippen LogP contribution < -0.4 is 15.5 Å². The van der Waals surface area contributed by atoms with E-state index in [0.717, 1.165) is 11.3 Å². The van der Waals surface area contributed by atoms with Gasteiger partial charge in [-0.1, -0.05) is 53.5 Å². The Balaban J connectivity index is 1.15. The molecule has 7 nitrogen and oxygen atoms in total. The third-order valence-corrected chi connectivity index (χ3v) is 7.04. The maximum absolute atomic E-state index is 12.7. The fourth-order valence-electron chi connectivity index (χ4n) is 4.34. The topological polar surface area (TPSA) is 77.8 Å². The van der Waals surface area contributed by atoms with E-state index >= 15 is 0 Å². The van der Waals surface area contributed by atoms with Gasteiger partial charge in [-0.25, -0.2) is 0 Å². The van der Waals surface area contributed by atoms with E-state index in [9.17, 15) is 9.59 Å². The molecule has 2 heterocycles. The van der Waals surface area contributed by atoms with E-state index in [4.69, 9.17) is 39.8 Å². The molecule has 1 saturated heterocycles. The van der Waals surface area contributed by atoms with Crippen LogP contribution in [0.4, 0.5) is 11.4 Å². The third-order valence-electron chi connectivity index (χ3n) is 6.30. The second kappa shape index (κ2) is 11.9. The summed E-state index contributed by atoms with van der Waals surface area (Å²) in [6.07, 6.45) is 0. The van der Waals surface area contributed by atoms with Crippen LogP contribution in [-0.2, 0) is 0 Å². The molecular weight excluding hydrogens is 555 g/mol. The van der Waals surface area contributed by atoms with Crippen LogP contribution >= 0.6 is 35.4 Å². The second-order valence-corrected chi connectivity index (χ2v) is 10.1. The van der Waals surface area contributed by atoms with Crippen molar-refractivity contribution in [3.05, 3.63) is 106 Å². The number of halogens is 2. The van der Waals surface area contributed by atoms with Crippen molar-refractivity contribution in [2.45, 2.75) is 0 Å². The molecule has 0 atom stereocenters. The summed E-state index contributed by atoms with van der Waals surface area (Å²) in [5, 5.41) is 6.82. The molecule has 1 aliphatic rings. The Bertz CT molecular complexity index is 1520. The molecule has 10 heteroatoms. The first-order valence-corrected chi connectivity index (χ1v) is 13.4. The molecular formula is C29H24Cl2N4O3S. The molecule has 1 aromatic heterocycles.